The van der Waals surface area contributed by atoms with E-state index in [1.54, 1.807) is 0 Å². The maximum absolute atomic E-state index is 4.38. The number of aromatic nitrogens is 1. The monoisotopic (exact) mass is 226 g/mol. The fourth-order valence-corrected chi connectivity index (χ4v) is 2.02. The van der Waals surface area contributed by atoms with Gasteiger partial charge in [0.05, 0.1) is 11.6 Å². The second-order valence-corrected chi connectivity index (χ2v) is 4.08. The first-order chi connectivity index (χ1) is 8.36. The van der Waals surface area contributed by atoms with Gasteiger partial charge in [0.1, 0.15) is 0 Å². The van der Waals surface area contributed by atoms with E-state index in [2.05, 4.69) is 42.0 Å². The smallest absolute Gasteiger partial charge is 0.0705 e. The highest BCUT2D eigenvalue weighted by Gasteiger charge is 2.09. The number of benzene rings is 1. The van der Waals surface area contributed by atoms with Gasteiger partial charge in [-0.3, -0.25) is 4.98 Å². The molecule has 0 radical (unpaired) electrons. The zero-order valence-corrected chi connectivity index (χ0v) is 10.2. The Morgan fingerprint density at radius 3 is 3.00 bits per heavy atom. The highest BCUT2D eigenvalue weighted by Crippen LogP contribution is 2.23. The summed E-state index contributed by atoms with van der Waals surface area (Å²) in [7, 11) is 0. The van der Waals surface area contributed by atoms with Crippen LogP contribution in [0, 0.1) is 0 Å². The van der Waals surface area contributed by atoms with Crippen molar-refractivity contribution in [1.29, 1.82) is 0 Å². The zero-order chi connectivity index (χ0) is 12.1. The summed E-state index contributed by atoms with van der Waals surface area (Å²) in [6.45, 7) is 7.07. The molecule has 2 nitrogen and oxygen atoms in total. The normalized spacial score (nSPS) is 12.5. The van der Waals surface area contributed by atoms with Crippen molar-refractivity contribution >= 4 is 10.9 Å². The molecule has 0 saturated heterocycles. The van der Waals surface area contributed by atoms with Crippen LogP contribution < -0.4 is 5.32 Å². The molecule has 17 heavy (non-hydrogen) atoms. The SMILES string of the molecule is C=CC(NCCC)c1cccc2ncccc12. The van der Waals surface area contributed by atoms with Crippen LogP contribution in [0.1, 0.15) is 24.9 Å². The van der Waals surface area contributed by atoms with Gasteiger partial charge in [0.15, 0.2) is 0 Å². The number of pyridine rings is 1. The maximum Gasteiger partial charge on any atom is 0.0705 e. The molecule has 1 aromatic heterocycles. The van der Waals surface area contributed by atoms with Crippen molar-refractivity contribution in [3.05, 3.63) is 54.7 Å². The van der Waals surface area contributed by atoms with Gasteiger partial charge >= 0.3 is 0 Å². The van der Waals surface area contributed by atoms with Crippen LogP contribution in [0.15, 0.2) is 49.2 Å². The third-order valence-corrected chi connectivity index (χ3v) is 2.86. The Morgan fingerprint density at radius 2 is 2.24 bits per heavy atom. The van der Waals surface area contributed by atoms with E-state index in [1.807, 2.05) is 24.4 Å². The number of nitrogens with one attached hydrogen (secondary N) is 1. The minimum absolute atomic E-state index is 0.197. The summed E-state index contributed by atoms with van der Waals surface area (Å²) < 4.78 is 0. The van der Waals surface area contributed by atoms with Crippen molar-refractivity contribution in [1.82, 2.24) is 10.3 Å². The highest BCUT2D eigenvalue weighted by molar-refractivity contribution is 5.82. The average Bonchev–Trinajstić information content (AvgIpc) is 2.40. The Morgan fingerprint density at radius 1 is 1.35 bits per heavy atom. The van der Waals surface area contributed by atoms with Crippen LogP contribution in [0.2, 0.25) is 0 Å². The molecule has 1 N–H and O–H groups in total. The molecule has 2 rings (SSSR count). The molecule has 1 unspecified atom stereocenters. The topological polar surface area (TPSA) is 24.9 Å². The van der Waals surface area contributed by atoms with E-state index in [-0.39, 0.29) is 6.04 Å². The molecule has 1 aromatic carbocycles. The molecule has 1 heterocycles. The van der Waals surface area contributed by atoms with Crippen molar-refractivity contribution in [2.45, 2.75) is 19.4 Å². The molecule has 0 spiro atoms. The quantitative estimate of drug-likeness (QED) is 0.790. The van der Waals surface area contributed by atoms with Crippen molar-refractivity contribution in [3.8, 4) is 0 Å². The second kappa shape index (κ2) is 5.60. The molecule has 0 saturated carbocycles. The van der Waals surface area contributed by atoms with E-state index < -0.39 is 0 Å². The van der Waals surface area contributed by atoms with E-state index >= 15 is 0 Å². The number of fused-ring (bicyclic) bond motifs is 1. The lowest BCUT2D eigenvalue weighted by Gasteiger charge is -2.16. The molecule has 0 aliphatic carbocycles. The first-order valence-electron chi connectivity index (χ1n) is 6.06. The summed E-state index contributed by atoms with van der Waals surface area (Å²) in [5, 5.41) is 4.68. The van der Waals surface area contributed by atoms with Crippen molar-refractivity contribution in [2.24, 2.45) is 0 Å². The summed E-state index contributed by atoms with van der Waals surface area (Å²) in [4.78, 5) is 4.38. The second-order valence-electron chi connectivity index (χ2n) is 4.08. The summed E-state index contributed by atoms with van der Waals surface area (Å²) >= 11 is 0. The average molecular weight is 226 g/mol. The molecular formula is C15H18N2. The molecule has 0 aliphatic heterocycles. The molecule has 2 aromatic rings. The summed E-state index contributed by atoms with van der Waals surface area (Å²) in [5.41, 5.74) is 2.29. The fourth-order valence-electron chi connectivity index (χ4n) is 2.02. The first kappa shape index (κ1) is 11.8. The van der Waals surface area contributed by atoms with Crippen molar-refractivity contribution in [3.63, 3.8) is 0 Å². The van der Waals surface area contributed by atoms with E-state index in [0.29, 0.717) is 0 Å². The van der Waals surface area contributed by atoms with E-state index in [9.17, 15) is 0 Å². The van der Waals surface area contributed by atoms with Crippen LogP contribution in [-0.2, 0) is 0 Å². The lowest BCUT2D eigenvalue weighted by molar-refractivity contribution is 0.616. The molecule has 0 bridgehead atoms. The molecule has 2 heteroatoms. The van der Waals surface area contributed by atoms with Gasteiger partial charge in [-0.25, -0.2) is 0 Å². The lowest BCUT2D eigenvalue weighted by atomic mass is 10.0. The Hall–Kier alpha value is -1.67. The summed E-state index contributed by atoms with van der Waals surface area (Å²) in [5.74, 6) is 0. The Labute approximate surface area is 102 Å². The van der Waals surface area contributed by atoms with Gasteiger partial charge in [0.2, 0.25) is 0 Å². The maximum atomic E-state index is 4.38. The predicted molar refractivity (Wildman–Crippen MR) is 73.0 cm³/mol. The molecule has 88 valence electrons. The molecule has 0 amide bonds. The zero-order valence-electron chi connectivity index (χ0n) is 10.2. The van der Waals surface area contributed by atoms with Gasteiger partial charge in [-0.15, -0.1) is 6.58 Å². The first-order valence-corrected chi connectivity index (χ1v) is 6.06. The van der Waals surface area contributed by atoms with Crippen molar-refractivity contribution in [2.75, 3.05) is 6.54 Å². The van der Waals surface area contributed by atoms with Gasteiger partial charge < -0.3 is 5.32 Å². The van der Waals surface area contributed by atoms with Gasteiger partial charge in [-0.2, -0.15) is 0 Å². The Bertz CT molecular complexity index is 500. The fraction of sp³-hybridized carbons (Fsp3) is 0.267. The Kier molecular flexibility index (Phi) is 3.89. The molecule has 0 aliphatic rings. The van der Waals surface area contributed by atoms with E-state index in [4.69, 9.17) is 0 Å². The van der Waals surface area contributed by atoms with Gasteiger partial charge in [0.25, 0.3) is 0 Å². The molecule has 1 atom stereocenters. The lowest BCUT2D eigenvalue weighted by Crippen LogP contribution is -2.20. The number of nitrogens with zero attached hydrogens (tertiary/aromatic N) is 1. The minimum atomic E-state index is 0.197. The van der Waals surface area contributed by atoms with Crippen LogP contribution in [0.5, 0.6) is 0 Å². The van der Waals surface area contributed by atoms with Crippen LogP contribution in [0.25, 0.3) is 10.9 Å². The van der Waals surface area contributed by atoms with Crippen LogP contribution >= 0.6 is 0 Å². The van der Waals surface area contributed by atoms with E-state index in [1.165, 1.54) is 10.9 Å². The summed E-state index contributed by atoms with van der Waals surface area (Å²) in [6, 6.07) is 10.5. The van der Waals surface area contributed by atoms with Crippen LogP contribution in [-0.4, -0.2) is 11.5 Å². The summed E-state index contributed by atoms with van der Waals surface area (Å²) in [6.07, 6.45) is 4.90. The van der Waals surface area contributed by atoms with Gasteiger partial charge in [-0.05, 0) is 30.7 Å². The standard InChI is InChI=1S/C15H18N2/c1-3-10-16-14(4-2)12-7-5-9-15-13(12)8-6-11-17-15/h4-9,11,14,16H,2-3,10H2,1H3. The van der Waals surface area contributed by atoms with E-state index in [0.717, 1.165) is 18.5 Å². The Balaban J connectivity index is 2.42. The third kappa shape index (κ3) is 2.53. The van der Waals surface area contributed by atoms with Gasteiger partial charge in [0, 0.05) is 11.6 Å². The highest BCUT2D eigenvalue weighted by atomic mass is 14.9. The third-order valence-electron chi connectivity index (χ3n) is 2.86. The van der Waals surface area contributed by atoms with Gasteiger partial charge in [-0.1, -0.05) is 31.2 Å². The number of hydrogen-bond acceptors (Lipinski definition) is 2. The number of rotatable bonds is 5. The minimum Gasteiger partial charge on any atom is -0.307 e. The predicted octanol–water partition coefficient (Wildman–Crippen LogP) is 3.46. The van der Waals surface area contributed by atoms with Crippen LogP contribution in [0.3, 0.4) is 0 Å². The molecule has 0 fully saturated rings. The largest absolute Gasteiger partial charge is 0.307 e. The molecular weight excluding hydrogens is 208 g/mol. The number of hydrogen-bond donors (Lipinski definition) is 1. The van der Waals surface area contributed by atoms with Crippen LogP contribution in [0.4, 0.5) is 0 Å². The van der Waals surface area contributed by atoms with Crippen molar-refractivity contribution < 1.29 is 0 Å².